The summed E-state index contributed by atoms with van der Waals surface area (Å²) in [6.07, 6.45) is 2.38. The number of fused-ring (bicyclic) bond motifs is 4. The zero-order valence-electron chi connectivity index (χ0n) is 15.3. The number of benzene rings is 1. The van der Waals surface area contributed by atoms with Crippen molar-refractivity contribution in [3.05, 3.63) is 40.7 Å². The second-order valence-corrected chi connectivity index (χ2v) is 7.95. The highest BCUT2D eigenvalue weighted by atomic mass is 32.1. The second kappa shape index (κ2) is 8.12. The van der Waals surface area contributed by atoms with E-state index in [9.17, 15) is 4.79 Å². The first kappa shape index (κ1) is 18.6. The van der Waals surface area contributed by atoms with Gasteiger partial charge in [-0.2, -0.15) is 16.4 Å². The predicted molar refractivity (Wildman–Crippen MR) is 109 cm³/mol. The molecule has 3 saturated heterocycles. The summed E-state index contributed by atoms with van der Waals surface area (Å²) in [7, 11) is 0. The van der Waals surface area contributed by atoms with Crippen molar-refractivity contribution >= 4 is 34.6 Å². The number of carboxylic acid groups (broad SMARTS) is 1. The SMILES string of the molecule is O=C(N[C@H]1CN2CCC1CC2)c1n[nH]c2ccc(-c3ccsc3)cc12.O=CO. The lowest BCUT2D eigenvalue weighted by atomic mass is 9.84. The highest BCUT2D eigenvalue weighted by Crippen LogP contribution is 2.29. The lowest BCUT2D eigenvalue weighted by molar-refractivity contribution is -0.122. The molecule has 0 spiro atoms. The van der Waals surface area contributed by atoms with Crippen LogP contribution in [0.1, 0.15) is 23.3 Å². The van der Waals surface area contributed by atoms with Crippen LogP contribution in [0, 0.1) is 5.92 Å². The average Bonchev–Trinajstić information content (AvgIpc) is 3.39. The van der Waals surface area contributed by atoms with Crippen molar-refractivity contribution in [3.63, 3.8) is 0 Å². The highest BCUT2D eigenvalue weighted by Gasteiger charge is 2.35. The summed E-state index contributed by atoms with van der Waals surface area (Å²) >= 11 is 1.68. The number of rotatable bonds is 3. The van der Waals surface area contributed by atoms with Crippen LogP contribution in [0.2, 0.25) is 0 Å². The van der Waals surface area contributed by atoms with Crippen LogP contribution >= 0.6 is 11.3 Å². The highest BCUT2D eigenvalue weighted by molar-refractivity contribution is 7.08. The van der Waals surface area contributed by atoms with E-state index in [1.54, 1.807) is 11.3 Å². The molecule has 28 heavy (non-hydrogen) atoms. The Kier molecular flexibility index (Phi) is 5.40. The molecule has 3 aliphatic heterocycles. The molecular formula is C20H22N4O3S. The van der Waals surface area contributed by atoms with Gasteiger partial charge in [0.2, 0.25) is 0 Å². The Morgan fingerprint density at radius 2 is 2.07 bits per heavy atom. The molecule has 0 aliphatic carbocycles. The van der Waals surface area contributed by atoms with Gasteiger partial charge in [0.15, 0.2) is 5.69 Å². The van der Waals surface area contributed by atoms with Crippen molar-refractivity contribution in [1.29, 1.82) is 0 Å². The van der Waals surface area contributed by atoms with Gasteiger partial charge in [-0.1, -0.05) is 6.07 Å². The maximum Gasteiger partial charge on any atom is 0.290 e. The van der Waals surface area contributed by atoms with Crippen LogP contribution in [-0.4, -0.2) is 58.3 Å². The van der Waals surface area contributed by atoms with E-state index in [4.69, 9.17) is 9.90 Å². The van der Waals surface area contributed by atoms with Crippen LogP contribution in [0.25, 0.3) is 22.0 Å². The fourth-order valence-corrected chi connectivity index (χ4v) is 4.83. The first-order chi connectivity index (χ1) is 13.7. The Balaban J connectivity index is 0.000000604. The first-order valence-electron chi connectivity index (χ1n) is 9.31. The van der Waals surface area contributed by atoms with Gasteiger partial charge in [-0.25, -0.2) is 0 Å². The minimum atomic E-state index is -0.250. The lowest BCUT2D eigenvalue weighted by Crippen LogP contribution is -2.57. The maximum absolute atomic E-state index is 12.9. The molecule has 0 radical (unpaired) electrons. The fraction of sp³-hybridized carbons (Fsp3) is 0.350. The van der Waals surface area contributed by atoms with Crippen LogP contribution in [0.4, 0.5) is 0 Å². The average molecular weight is 398 g/mol. The number of amides is 1. The largest absolute Gasteiger partial charge is 0.483 e. The van der Waals surface area contributed by atoms with Crippen molar-refractivity contribution in [3.8, 4) is 11.1 Å². The summed E-state index contributed by atoms with van der Waals surface area (Å²) in [5, 5.41) is 22.5. The van der Waals surface area contributed by atoms with Gasteiger partial charge in [-0.15, -0.1) is 0 Å². The van der Waals surface area contributed by atoms with Gasteiger partial charge >= 0.3 is 0 Å². The number of aromatic nitrogens is 2. The topological polar surface area (TPSA) is 98.3 Å². The van der Waals surface area contributed by atoms with Gasteiger partial charge in [-0.3, -0.25) is 14.7 Å². The van der Waals surface area contributed by atoms with Crippen molar-refractivity contribution < 1.29 is 14.7 Å². The van der Waals surface area contributed by atoms with E-state index < -0.39 is 0 Å². The van der Waals surface area contributed by atoms with E-state index >= 15 is 0 Å². The first-order valence-corrected chi connectivity index (χ1v) is 10.3. The molecule has 5 heterocycles. The molecule has 3 aliphatic rings. The summed E-state index contributed by atoms with van der Waals surface area (Å²) < 4.78 is 0. The molecule has 3 fully saturated rings. The molecule has 3 N–H and O–H groups in total. The summed E-state index contributed by atoms with van der Waals surface area (Å²) in [5.74, 6) is 0.549. The quantitative estimate of drug-likeness (QED) is 0.590. The third-order valence-corrected chi connectivity index (χ3v) is 6.29. The number of nitrogens with zero attached hydrogens (tertiary/aromatic N) is 2. The number of nitrogens with one attached hydrogen (secondary N) is 2. The van der Waals surface area contributed by atoms with Crippen molar-refractivity contribution in [1.82, 2.24) is 20.4 Å². The van der Waals surface area contributed by atoms with Gasteiger partial charge in [0, 0.05) is 18.0 Å². The zero-order chi connectivity index (χ0) is 19.5. The molecule has 7 nitrogen and oxygen atoms in total. The number of hydrogen-bond acceptors (Lipinski definition) is 5. The van der Waals surface area contributed by atoms with Crippen LogP contribution in [0.3, 0.4) is 0 Å². The summed E-state index contributed by atoms with van der Waals surface area (Å²) in [5.41, 5.74) is 3.70. The third-order valence-electron chi connectivity index (χ3n) is 5.61. The lowest BCUT2D eigenvalue weighted by Gasteiger charge is -2.44. The molecule has 1 atom stereocenters. The Hall–Kier alpha value is -2.71. The maximum atomic E-state index is 12.9. The standard InChI is InChI=1S/C19H20N4OS.CH2O2/c24-19(20-17-10-23-6-3-12(17)4-7-23)18-15-9-13(14-5-8-25-11-14)1-2-16(15)21-22-18;2-1-3/h1-2,5,8-9,11-12,17H,3-4,6-7,10H2,(H,20,24)(H,21,22);1H,(H,2,3)/t17-;/m0./s1. The number of H-pyrrole nitrogens is 1. The predicted octanol–water partition coefficient (Wildman–Crippen LogP) is 2.82. The number of hydrogen-bond donors (Lipinski definition) is 3. The summed E-state index contributed by atoms with van der Waals surface area (Å²) in [6, 6.07) is 8.48. The van der Waals surface area contributed by atoms with Crippen LogP contribution < -0.4 is 5.32 Å². The van der Waals surface area contributed by atoms with E-state index in [1.165, 1.54) is 31.5 Å². The molecule has 0 unspecified atom stereocenters. The van der Waals surface area contributed by atoms with Gasteiger partial charge < -0.3 is 15.3 Å². The monoisotopic (exact) mass is 398 g/mol. The Labute approximate surface area is 166 Å². The fourth-order valence-electron chi connectivity index (χ4n) is 4.16. The van der Waals surface area contributed by atoms with Crippen molar-refractivity contribution in [2.24, 2.45) is 5.92 Å². The number of carbonyl (C=O) groups is 2. The summed E-state index contributed by atoms with van der Waals surface area (Å²) in [6.45, 7) is 3.07. The molecule has 146 valence electrons. The van der Waals surface area contributed by atoms with E-state index in [1.807, 2.05) is 6.07 Å². The van der Waals surface area contributed by atoms with Gasteiger partial charge in [0.25, 0.3) is 12.4 Å². The minimum Gasteiger partial charge on any atom is -0.483 e. The third kappa shape index (κ3) is 3.65. The molecular weight excluding hydrogens is 376 g/mol. The number of thiophene rings is 1. The van der Waals surface area contributed by atoms with Crippen LogP contribution in [-0.2, 0) is 4.79 Å². The van der Waals surface area contributed by atoms with Crippen LogP contribution in [0.5, 0.6) is 0 Å². The number of aromatic amines is 1. The normalized spacial score (nSPS) is 23.1. The number of carbonyl (C=O) groups excluding carboxylic acids is 1. The van der Waals surface area contributed by atoms with Crippen molar-refractivity contribution in [2.75, 3.05) is 19.6 Å². The molecule has 2 aromatic heterocycles. The van der Waals surface area contributed by atoms with Gasteiger partial charge in [-0.05, 0) is 71.9 Å². The molecule has 1 aromatic carbocycles. The molecule has 6 rings (SSSR count). The molecule has 8 heteroatoms. The molecule has 3 aromatic rings. The smallest absolute Gasteiger partial charge is 0.290 e. The van der Waals surface area contributed by atoms with Gasteiger partial charge in [0.05, 0.1) is 5.52 Å². The second-order valence-electron chi connectivity index (χ2n) is 7.17. The number of piperidine rings is 3. The van der Waals surface area contributed by atoms with E-state index in [-0.39, 0.29) is 18.4 Å². The van der Waals surface area contributed by atoms with Gasteiger partial charge in [0.1, 0.15) is 0 Å². The molecule has 1 amide bonds. The Morgan fingerprint density at radius 3 is 2.71 bits per heavy atom. The van der Waals surface area contributed by atoms with E-state index in [2.05, 4.69) is 49.4 Å². The Morgan fingerprint density at radius 1 is 1.29 bits per heavy atom. The zero-order valence-corrected chi connectivity index (χ0v) is 16.1. The Bertz CT molecular complexity index is 961. The minimum absolute atomic E-state index is 0.0625. The van der Waals surface area contributed by atoms with E-state index in [0.29, 0.717) is 11.6 Å². The molecule has 2 bridgehead atoms. The van der Waals surface area contributed by atoms with E-state index in [0.717, 1.165) is 23.0 Å². The summed E-state index contributed by atoms with van der Waals surface area (Å²) in [4.78, 5) is 23.7. The molecule has 0 saturated carbocycles. The van der Waals surface area contributed by atoms with Crippen LogP contribution in [0.15, 0.2) is 35.0 Å². The van der Waals surface area contributed by atoms with Crippen molar-refractivity contribution in [2.45, 2.75) is 18.9 Å².